The van der Waals surface area contributed by atoms with Crippen LogP contribution in [0.25, 0.3) is 49.7 Å². The second kappa shape index (κ2) is 11.9. The number of fused-ring (bicyclic) bond motifs is 13. The fraction of sp³-hybridized carbons (Fsp3) is 0.107. The highest BCUT2D eigenvalue weighted by atomic mass is 15.1. The first kappa shape index (κ1) is 32.5. The maximum Gasteiger partial charge on any atom is 0.0725 e. The van der Waals surface area contributed by atoms with Crippen LogP contribution in [0.4, 0.5) is 17.1 Å². The second-order valence-corrected chi connectivity index (χ2v) is 16.8. The van der Waals surface area contributed by atoms with Crippen LogP contribution in [0.15, 0.2) is 194 Å². The molecule has 0 atom stereocenters. The van der Waals surface area contributed by atoms with Gasteiger partial charge in [0.05, 0.1) is 5.41 Å². The molecular weight excluding hydrogens is 687 g/mol. The van der Waals surface area contributed by atoms with E-state index in [1.807, 2.05) is 0 Å². The molecule has 1 spiro atoms. The zero-order valence-electron chi connectivity index (χ0n) is 32.3. The summed E-state index contributed by atoms with van der Waals surface area (Å²) in [6, 6.07) is 66.3. The van der Waals surface area contributed by atoms with E-state index in [0.29, 0.717) is 0 Å². The largest absolute Gasteiger partial charge is 0.310 e. The fourth-order valence-corrected chi connectivity index (χ4v) is 11.0. The van der Waals surface area contributed by atoms with Gasteiger partial charge in [-0.1, -0.05) is 159 Å². The Morgan fingerprint density at radius 1 is 0.421 bits per heavy atom. The molecule has 270 valence electrons. The van der Waals surface area contributed by atoms with Gasteiger partial charge in [-0.3, -0.25) is 0 Å². The number of hydrogen-bond donors (Lipinski definition) is 0. The lowest BCUT2D eigenvalue weighted by Gasteiger charge is -2.31. The number of rotatable bonds is 4. The van der Waals surface area contributed by atoms with Gasteiger partial charge in [-0.05, 0) is 144 Å². The molecule has 0 radical (unpaired) electrons. The molecule has 8 aromatic rings. The highest BCUT2D eigenvalue weighted by Gasteiger charge is 2.51. The highest BCUT2D eigenvalue weighted by Crippen LogP contribution is 2.63. The lowest BCUT2D eigenvalue weighted by molar-refractivity contribution is 0.651. The van der Waals surface area contributed by atoms with Crippen LogP contribution in [0.1, 0.15) is 60.1 Å². The second-order valence-electron chi connectivity index (χ2n) is 16.8. The lowest BCUT2D eigenvalue weighted by Crippen LogP contribution is -2.25. The highest BCUT2D eigenvalue weighted by molar-refractivity contribution is 5.98. The van der Waals surface area contributed by atoms with Crippen LogP contribution in [0.3, 0.4) is 0 Å². The van der Waals surface area contributed by atoms with Gasteiger partial charge in [0, 0.05) is 22.5 Å². The Balaban J connectivity index is 1.07. The molecule has 12 rings (SSSR count). The third kappa shape index (κ3) is 4.46. The maximum atomic E-state index is 2.50. The van der Waals surface area contributed by atoms with Crippen molar-refractivity contribution in [2.24, 2.45) is 0 Å². The Kier molecular flexibility index (Phi) is 6.79. The van der Waals surface area contributed by atoms with E-state index < -0.39 is 0 Å². The normalized spacial score (nSPS) is 15.9. The minimum Gasteiger partial charge on any atom is -0.310 e. The third-order valence-corrected chi connectivity index (χ3v) is 13.5. The first-order chi connectivity index (χ1) is 28.0. The summed E-state index contributed by atoms with van der Waals surface area (Å²) in [6.07, 6.45) is 6.96. The minimum absolute atomic E-state index is 0.0625. The van der Waals surface area contributed by atoms with Crippen molar-refractivity contribution in [1.29, 1.82) is 0 Å². The van der Waals surface area contributed by atoms with Gasteiger partial charge < -0.3 is 4.90 Å². The summed E-state index contributed by atoms with van der Waals surface area (Å²) in [5.74, 6) is 0. The summed E-state index contributed by atoms with van der Waals surface area (Å²) in [7, 11) is 0. The summed E-state index contributed by atoms with van der Waals surface area (Å²) < 4.78 is 0. The first-order valence-corrected chi connectivity index (χ1v) is 20.4. The van der Waals surface area contributed by atoms with Crippen LogP contribution < -0.4 is 4.90 Å². The molecule has 0 N–H and O–H groups in total. The quantitative estimate of drug-likeness (QED) is 0.174. The SMILES string of the molecule is CC1(C)C2=C(CCC=C2)c2ccc(N(c3ccc4c(c3)-c3ccccc3C43c4ccccc4-c4ccccc43)c3ccc4cc(-c5ccccc5)ccc4c3)cc21. The predicted octanol–water partition coefficient (Wildman–Crippen LogP) is 14.7. The van der Waals surface area contributed by atoms with E-state index in [1.54, 1.807) is 0 Å². The Morgan fingerprint density at radius 2 is 0.982 bits per heavy atom. The molecule has 1 heteroatoms. The average Bonchev–Trinajstić information content (AvgIpc) is 3.82. The van der Waals surface area contributed by atoms with E-state index in [-0.39, 0.29) is 10.8 Å². The van der Waals surface area contributed by atoms with Crippen molar-refractivity contribution in [3.63, 3.8) is 0 Å². The van der Waals surface area contributed by atoms with E-state index in [1.165, 1.54) is 94.4 Å². The molecule has 0 heterocycles. The molecule has 0 unspecified atom stereocenters. The van der Waals surface area contributed by atoms with Gasteiger partial charge in [0.1, 0.15) is 0 Å². The van der Waals surface area contributed by atoms with Gasteiger partial charge in [-0.25, -0.2) is 0 Å². The van der Waals surface area contributed by atoms with Gasteiger partial charge in [-0.2, -0.15) is 0 Å². The van der Waals surface area contributed by atoms with Crippen molar-refractivity contribution in [3.05, 3.63) is 227 Å². The number of hydrogen-bond acceptors (Lipinski definition) is 1. The van der Waals surface area contributed by atoms with Gasteiger partial charge >= 0.3 is 0 Å². The topological polar surface area (TPSA) is 3.24 Å². The van der Waals surface area contributed by atoms with Crippen LogP contribution in [-0.2, 0) is 10.8 Å². The van der Waals surface area contributed by atoms with E-state index in [9.17, 15) is 0 Å². The predicted molar refractivity (Wildman–Crippen MR) is 239 cm³/mol. The van der Waals surface area contributed by atoms with Crippen molar-refractivity contribution in [2.45, 2.75) is 37.5 Å². The molecule has 0 aliphatic heterocycles. The molecule has 0 fully saturated rings. The van der Waals surface area contributed by atoms with Crippen LogP contribution in [0, 0.1) is 0 Å². The Labute approximate surface area is 334 Å². The molecule has 0 saturated carbocycles. The van der Waals surface area contributed by atoms with Crippen molar-refractivity contribution >= 4 is 33.4 Å². The van der Waals surface area contributed by atoms with Crippen molar-refractivity contribution in [2.75, 3.05) is 4.90 Å². The lowest BCUT2D eigenvalue weighted by atomic mass is 9.70. The van der Waals surface area contributed by atoms with Crippen LogP contribution in [0.2, 0.25) is 0 Å². The summed E-state index contributed by atoms with van der Waals surface area (Å²) >= 11 is 0. The molecule has 1 nitrogen and oxygen atoms in total. The molecule has 8 aromatic carbocycles. The number of nitrogens with zero attached hydrogens (tertiary/aromatic N) is 1. The van der Waals surface area contributed by atoms with Gasteiger partial charge in [0.25, 0.3) is 0 Å². The van der Waals surface area contributed by atoms with E-state index >= 15 is 0 Å². The molecule has 0 bridgehead atoms. The Morgan fingerprint density at radius 3 is 1.72 bits per heavy atom. The summed E-state index contributed by atoms with van der Waals surface area (Å²) in [5, 5.41) is 2.47. The molecule has 4 aliphatic carbocycles. The summed E-state index contributed by atoms with van der Waals surface area (Å²) in [4.78, 5) is 2.50. The molecule has 0 saturated heterocycles. The van der Waals surface area contributed by atoms with E-state index in [4.69, 9.17) is 0 Å². The summed E-state index contributed by atoms with van der Waals surface area (Å²) in [5.41, 5.74) is 22.1. The smallest absolute Gasteiger partial charge is 0.0725 e. The van der Waals surface area contributed by atoms with E-state index in [2.05, 4.69) is 207 Å². The third-order valence-electron chi connectivity index (χ3n) is 13.5. The fourth-order valence-electron chi connectivity index (χ4n) is 11.0. The number of allylic oxidation sites excluding steroid dienone is 4. The van der Waals surface area contributed by atoms with Crippen LogP contribution >= 0.6 is 0 Å². The van der Waals surface area contributed by atoms with Crippen LogP contribution in [-0.4, -0.2) is 0 Å². The minimum atomic E-state index is -0.363. The van der Waals surface area contributed by atoms with Gasteiger partial charge in [0.15, 0.2) is 0 Å². The maximum absolute atomic E-state index is 2.50. The summed E-state index contributed by atoms with van der Waals surface area (Å²) in [6.45, 7) is 4.81. The van der Waals surface area contributed by atoms with Crippen molar-refractivity contribution in [3.8, 4) is 33.4 Å². The molecule has 0 aromatic heterocycles. The molecule has 57 heavy (non-hydrogen) atoms. The van der Waals surface area contributed by atoms with Crippen molar-refractivity contribution < 1.29 is 0 Å². The molecule has 0 amide bonds. The van der Waals surface area contributed by atoms with Gasteiger partial charge in [0.2, 0.25) is 0 Å². The number of benzene rings is 8. The van der Waals surface area contributed by atoms with Crippen molar-refractivity contribution in [1.82, 2.24) is 0 Å². The van der Waals surface area contributed by atoms with Gasteiger partial charge in [-0.15, -0.1) is 0 Å². The zero-order valence-corrected chi connectivity index (χ0v) is 32.3. The average molecular weight is 728 g/mol. The first-order valence-electron chi connectivity index (χ1n) is 20.4. The standard InChI is InChI=1S/C56H41N/c1-55(2)49-20-10-6-16-43(49)47-30-28-42(35-54(47)55)57(40-27-26-38-32-37(24-25-39(38)33-40)36-14-4-3-5-15-36)41-29-31-53-48(34-41)46-19-9-13-23-52(46)56(53)50-21-11-7-17-44(50)45-18-8-12-22-51(45)56/h3-5,7-15,17-35H,6,16H2,1-2H3. The Hall–Kier alpha value is -6.70. The van der Waals surface area contributed by atoms with E-state index in [0.717, 1.165) is 24.2 Å². The monoisotopic (exact) mass is 727 g/mol. The Bertz CT molecular complexity index is 3000. The zero-order chi connectivity index (χ0) is 37.9. The van der Waals surface area contributed by atoms with Crippen LogP contribution in [0.5, 0.6) is 0 Å². The molecular formula is C56H41N. The molecule has 4 aliphatic rings. The number of anilines is 3.